The van der Waals surface area contributed by atoms with E-state index in [1.54, 1.807) is 35.3 Å². The maximum absolute atomic E-state index is 13.5. The van der Waals surface area contributed by atoms with E-state index >= 15 is 0 Å². The highest BCUT2D eigenvalue weighted by Gasteiger charge is 2.52. The molecular weight excluding hydrogens is 554 g/mol. The van der Waals surface area contributed by atoms with Crippen LogP contribution < -0.4 is 5.32 Å². The number of likely N-dealkylation sites (tertiary alicyclic amines) is 1. The quantitative estimate of drug-likeness (QED) is 0.134. The van der Waals surface area contributed by atoms with Crippen LogP contribution in [0, 0.1) is 10.1 Å². The van der Waals surface area contributed by atoms with E-state index in [4.69, 9.17) is 4.74 Å². The van der Waals surface area contributed by atoms with Gasteiger partial charge >= 0.3 is 11.9 Å². The fourth-order valence-electron chi connectivity index (χ4n) is 4.41. The van der Waals surface area contributed by atoms with E-state index < -0.39 is 35.2 Å². The highest BCUT2D eigenvalue weighted by molar-refractivity contribution is 8.21. The van der Waals surface area contributed by atoms with Gasteiger partial charge in [-0.1, -0.05) is 30.3 Å². The topological polar surface area (TPSA) is 148 Å². The summed E-state index contributed by atoms with van der Waals surface area (Å²) in [5, 5.41) is 22.0. The Bertz CT molecular complexity index is 964. The molecule has 1 amide bonds. The minimum absolute atomic E-state index is 0.0406. The Hall–Kier alpha value is -2.16. The monoisotopic (exact) mass is 587 g/mol. The van der Waals surface area contributed by atoms with E-state index in [1.165, 1.54) is 11.8 Å². The Labute approximate surface area is 234 Å². The number of esters is 1. The molecule has 1 aromatic rings. The molecule has 2 saturated heterocycles. The van der Waals surface area contributed by atoms with Crippen molar-refractivity contribution in [1.82, 2.24) is 10.2 Å². The van der Waals surface area contributed by atoms with E-state index in [0.29, 0.717) is 37.3 Å². The number of rotatable bonds is 15. The molecule has 0 saturated carbocycles. The van der Waals surface area contributed by atoms with Crippen LogP contribution >= 0.6 is 35.3 Å². The van der Waals surface area contributed by atoms with Crippen LogP contribution in [0.2, 0.25) is 0 Å². The number of carbonyl (C=O) groups is 3. The lowest BCUT2D eigenvalue weighted by Crippen LogP contribution is -2.53. The highest BCUT2D eigenvalue weighted by atomic mass is 32.2. The number of nitrogens with one attached hydrogen (secondary N) is 1. The summed E-state index contributed by atoms with van der Waals surface area (Å²) >= 11 is 4.85. The first-order valence-electron chi connectivity index (χ1n) is 12.3. The zero-order valence-electron chi connectivity index (χ0n) is 21.1. The number of carbonyl (C=O) groups excluding carboxylic acids is 2. The number of amides is 1. The fraction of sp³-hybridized carbons (Fsp3) is 0.625. The lowest BCUT2D eigenvalue weighted by molar-refractivity contribution is -0.756. The number of carboxylic acid groups (broad SMARTS) is 1. The zero-order valence-corrected chi connectivity index (χ0v) is 23.6. The number of ether oxygens (including phenoxy) is 1. The van der Waals surface area contributed by atoms with Gasteiger partial charge in [0.05, 0.1) is 10.1 Å². The van der Waals surface area contributed by atoms with Crippen LogP contribution in [0.3, 0.4) is 0 Å². The van der Waals surface area contributed by atoms with Crippen LogP contribution in [0.5, 0.6) is 0 Å². The molecule has 210 valence electrons. The lowest BCUT2D eigenvalue weighted by atomic mass is 10.0. The van der Waals surface area contributed by atoms with Crippen LogP contribution in [0.25, 0.3) is 0 Å². The molecule has 2 aliphatic heterocycles. The van der Waals surface area contributed by atoms with Crippen molar-refractivity contribution >= 4 is 53.1 Å². The van der Waals surface area contributed by atoms with E-state index in [0.717, 1.165) is 17.1 Å². The Morgan fingerprint density at radius 2 is 1.92 bits per heavy atom. The molecule has 2 heterocycles. The molecule has 1 aromatic carbocycles. The van der Waals surface area contributed by atoms with Crippen LogP contribution in [0.4, 0.5) is 0 Å². The molecule has 14 heteroatoms. The number of hydrogen-bond donors (Lipinski definition) is 2. The molecule has 3 atom stereocenters. The van der Waals surface area contributed by atoms with Crippen LogP contribution in [0.15, 0.2) is 30.3 Å². The average Bonchev–Trinajstić information content (AvgIpc) is 3.52. The van der Waals surface area contributed by atoms with Crippen molar-refractivity contribution in [1.29, 1.82) is 0 Å². The molecule has 0 aliphatic carbocycles. The Morgan fingerprint density at radius 3 is 2.58 bits per heavy atom. The second kappa shape index (κ2) is 14.8. The molecule has 0 radical (unpaired) electrons. The minimum Gasteiger partial charge on any atom is -0.480 e. The number of aliphatic carboxylic acids is 1. The van der Waals surface area contributed by atoms with Crippen molar-refractivity contribution in [3.63, 3.8) is 0 Å². The second-order valence-corrected chi connectivity index (χ2v) is 13.4. The Balaban J connectivity index is 1.56. The van der Waals surface area contributed by atoms with Gasteiger partial charge in [0, 0.05) is 36.0 Å². The van der Waals surface area contributed by atoms with Crippen molar-refractivity contribution < 1.29 is 34.2 Å². The molecule has 2 aliphatic rings. The minimum atomic E-state index is -1.03. The van der Waals surface area contributed by atoms with Gasteiger partial charge in [-0.15, -0.1) is 33.6 Å². The van der Waals surface area contributed by atoms with Crippen LogP contribution in [0.1, 0.15) is 25.3 Å². The summed E-state index contributed by atoms with van der Waals surface area (Å²) in [5.74, 6) is 0.864. The highest BCUT2D eigenvalue weighted by Crippen LogP contribution is 2.52. The van der Waals surface area contributed by atoms with Crippen LogP contribution in [-0.2, 0) is 30.4 Å². The van der Waals surface area contributed by atoms with Gasteiger partial charge < -0.3 is 19.6 Å². The number of benzene rings is 1. The standard InChI is InChI=1S/C24H33N3O8S3/c1-17(25-19(22(29)30)8-7-18-5-3-2-4-6-18)21(28)26-16-24(37-13-14-38-24)15-20(26)23(31)34-9-11-36-12-10-35-27(32)33/h2-6,17,19-20,25H,7-16H2,1H3,(H,29,30). The Morgan fingerprint density at radius 1 is 1.24 bits per heavy atom. The lowest BCUT2D eigenvalue weighted by Gasteiger charge is -2.28. The molecule has 0 aromatic heterocycles. The van der Waals surface area contributed by atoms with Gasteiger partial charge in [-0.05, 0) is 25.3 Å². The first-order chi connectivity index (χ1) is 18.2. The summed E-state index contributed by atoms with van der Waals surface area (Å²) in [5.41, 5.74) is 1.02. The molecule has 38 heavy (non-hydrogen) atoms. The summed E-state index contributed by atoms with van der Waals surface area (Å²) < 4.78 is 5.19. The summed E-state index contributed by atoms with van der Waals surface area (Å²) in [4.78, 5) is 54.4. The van der Waals surface area contributed by atoms with Crippen molar-refractivity contribution in [2.45, 2.75) is 48.4 Å². The van der Waals surface area contributed by atoms with E-state index in [9.17, 15) is 29.6 Å². The number of carboxylic acids is 1. The summed E-state index contributed by atoms with van der Waals surface area (Å²) in [6.45, 7) is 2.09. The number of thioether (sulfide) groups is 3. The third-order valence-electron chi connectivity index (χ3n) is 6.24. The fourth-order valence-corrected chi connectivity index (χ4v) is 8.27. The normalized spacial score (nSPS) is 19.7. The van der Waals surface area contributed by atoms with Gasteiger partial charge in [0.15, 0.2) is 0 Å². The Kier molecular flexibility index (Phi) is 11.9. The van der Waals surface area contributed by atoms with Crippen molar-refractivity contribution in [2.75, 3.05) is 42.8 Å². The first-order valence-corrected chi connectivity index (χ1v) is 15.5. The molecule has 0 bridgehead atoms. The molecule has 2 fully saturated rings. The second-order valence-electron chi connectivity index (χ2n) is 8.93. The summed E-state index contributed by atoms with van der Waals surface area (Å²) in [6.07, 6.45) is 1.35. The van der Waals surface area contributed by atoms with Crippen molar-refractivity contribution in [2.24, 2.45) is 0 Å². The number of hydrogen-bond acceptors (Lipinski definition) is 11. The predicted molar refractivity (Wildman–Crippen MR) is 148 cm³/mol. The third-order valence-corrected chi connectivity index (χ3v) is 10.6. The molecule has 3 rings (SSSR count). The maximum Gasteiger partial charge on any atom is 0.328 e. The predicted octanol–water partition coefficient (Wildman–Crippen LogP) is 2.31. The smallest absolute Gasteiger partial charge is 0.328 e. The largest absolute Gasteiger partial charge is 0.480 e. The summed E-state index contributed by atoms with van der Waals surface area (Å²) in [6, 6.07) is 7.10. The van der Waals surface area contributed by atoms with Crippen molar-refractivity contribution in [3.8, 4) is 0 Å². The first kappa shape index (κ1) is 30.4. The van der Waals surface area contributed by atoms with Gasteiger partial charge in [-0.3, -0.25) is 14.9 Å². The van der Waals surface area contributed by atoms with Gasteiger partial charge in [0.25, 0.3) is 5.09 Å². The molecule has 1 spiro atoms. The maximum atomic E-state index is 13.5. The molecular formula is C24H33N3O8S3. The SMILES string of the molecule is CC(NC(CCc1ccccc1)C(=O)O)C(=O)N1CC2(CC1C(=O)OCCSCCO[N+](=O)[O-])SCCS2. The zero-order chi connectivity index (χ0) is 27.5. The molecule has 3 unspecified atom stereocenters. The molecule has 11 nitrogen and oxygen atoms in total. The van der Waals surface area contributed by atoms with E-state index in [2.05, 4.69) is 10.2 Å². The third kappa shape index (κ3) is 8.95. The van der Waals surface area contributed by atoms with Crippen molar-refractivity contribution in [3.05, 3.63) is 46.0 Å². The van der Waals surface area contributed by atoms with Gasteiger partial charge in [0.1, 0.15) is 25.3 Å². The number of aryl methyl sites for hydroxylation is 1. The van der Waals surface area contributed by atoms with Gasteiger partial charge in [-0.2, -0.15) is 11.8 Å². The number of nitrogens with zero attached hydrogens (tertiary/aromatic N) is 2. The summed E-state index contributed by atoms with van der Waals surface area (Å²) in [7, 11) is 0. The van der Waals surface area contributed by atoms with E-state index in [-0.39, 0.29) is 23.2 Å². The van der Waals surface area contributed by atoms with Gasteiger partial charge in [0.2, 0.25) is 5.91 Å². The van der Waals surface area contributed by atoms with Gasteiger partial charge in [-0.25, -0.2) is 4.79 Å². The molecule has 2 N–H and O–H groups in total. The average molecular weight is 588 g/mol. The van der Waals surface area contributed by atoms with Crippen LogP contribution in [-0.4, -0.2) is 97.9 Å². The van der Waals surface area contributed by atoms with E-state index in [1.807, 2.05) is 30.3 Å².